The highest BCUT2D eigenvalue weighted by Crippen LogP contribution is 2.19. The third-order valence-corrected chi connectivity index (χ3v) is 3.57. The minimum Gasteiger partial charge on any atom is -0.317 e. The van der Waals surface area contributed by atoms with E-state index in [0.717, 1.165) is 18.5 Å². The van der Waals surface area contributed by atoms with Crippen molar-refractivity contribution in [3.05, 3.63) is 0 Å². The fourth-order valence-corrected chi connectivity index (χ4v) is 2.63. The Morgan fingerprint density at radius 2 is 2.00 bits per heavy atom. The molecule has 1 fully saturated rings. The van der Waals surface area contributed by atoms with Crippen molar-refractivity contribution < 1.29 is 0 Å². The molecule has 0 spiro atoms. The summed E-state index contributed by atoms with van der Waals surface area (Å²) in [5.74, 6) is 0.818. The standard InChI is InChI=1S/C13H29N3/c1-5-7-14-8-6-9-16-10-12(2)13(11-16)15(3)4/h12-14H,5-11H2,1-4H3. The molecule has 2 unspecified atom stereocenters. The van der Waals surface area contributed by atoms with Gasteiger partial charge in [-0.1, -0.05) is 13.8 Å². The molecule has 0 amide bonds. The average molecular weight is 227 g/mol. The molecule has 16 heavy (non-hydrogen) atoms. The van der Waals surface area contributed by atoms with Gasteiger partial charge in [0, 0.05) is 19.1 Å². The molecular formula is C13H29N3. The van der Waals surface area contributed by atoms with Gasteiger partial charge in [-0.15, -0.1) is 0 Å². The largest absolute Gasteiger partial charge is 0.317 e. The summed E-state index contributed by atoms with van der Waals surface area (Å²) in [6, 6.07) is 0.753. The van der Waals surface area contributed by atoms with Crippen molar-refractivity contribution in [2.75, 3.05) is 46.8 Å². The number of hydrogen-bond acceptors (Lipinski definition) is 3. The van der Waals surface area contributed by atoms with Crippen LogP contribution in [0.3, 0.4) is 0 Å². The lowest BCUT2D eigenvalue weighted by Gasteiger charge is -2.22. The van der Waals surface area contributed by atoms with Crippen LogP contribution in [-0.2, 0) is 0 Å². The van der Waals surface area contributed by atoms with Crippen molar-refractivity contribution >= 4 is 0 Å². The van der Waals surface area contributed by atoms with E-state index in [2.05, 4.69) is 43.1 Å². The summed E-state index contributed by atoms with van der Waals surface area (Å²) < 4.78 is 0. The first-order valence-corrected chi connectivity index (χ1v) is 6.74. The van der Waals surface area contributed by atoms with Crippen LogP contribution in [-0.4, -0.2) is 62.7 Å². The van der Waals surface area contributed by atoms with Gasteiger partial charge in [0.25, 0.3) is 0 Å². The molecular weight excluding hydrogens is 198 g/mol. The predicted molar refractivity (Wildman–Crippen MR) is 70.9 cm³/mol. The highest BCUT2D eigenvalue weighted by atomic mass is 15.2. The summed E-state index contributed by atoms with van der Waals surface area (Å²) in [4.78, 5) is 4.99. The van der Waals surface area contributed by atoms with Gasteiger partial charge in [0.05, 0.1) is 0 Å². The molecule has 2 atom stereocenters. The first-order valence-electron chi connectivity index (χ1n) is 6.74. The van der Waals surface area contributed by atoms with E-state index in [9.17, 15) is 0 Å². The molecule has 1 N–H and O–H groups in total. The SMILES string of the molecule is CCCNCCCN1CC(C)C(N(C)C)C1. The first-order chi connectivity index (χ1) is 7.65. The van der Waals surface area contributed by atoms with Gasteiger partial charge in [-0.05, 0) is 52.5 Å². The van der Waals surface area contributed by atoms with Crippen LogP contribution in [0.5, 0.6) is 0 Å². The van der Waals surface area contributed by atoms with Crippen LogP contribution in [0.25, 0.3) is 0 Å². The summed E-state index contributed by atoms with van der Waals surface area (Å²) in [5, 5.41) is 3.47. The van der Waals surface area contributed by atoms with E-state index >= 15 is 0 Å². The van der Waals surface area contributed by atoms with Crippen LogP contribution in [0.4, 0.5) is 0 Å². The molecule has 0 aromatic rings. The van der Waals surface area contributed by atoms with E-state index in [0.29, 0.717) is 0 Å². The number of likely N-dealkylation sites (N-methyl/N-ethyl adjacent to an activating group) is 1. The van der Waals surface area contributed by atoms with Gasteiger partial charge in [0.1, 0.15) is 0 Å². The molecule has 1 heterocycles. The second-order valence-corrected chi connectivity index (χ2v) is 5.37. The molecule has 0 saturated carbocycles. The maximum atomic E-state index is 3.47. The fraction of sp³-hybridized carbons (Fsp3) is 1.00. The maximum Gasteiger partial charge on any atom is 0.0254 e. The minimum atomic E-state index is 0.753. The second-order valence-electron chi connectivity index (χ2n) is 5.37. The molecule has 1 rings (SSSR count). The molecule has 0 aromatic carbocycles. The van der Waals surface area contributed by atoms with Crippen LogP contribution in [0.15, 0.2) is 0 Å². The summed E-state index contributed by atoms with van der Waals surface area (Å²) in [6.45, 7) is 10.7. The zero-order valence-electron chi connectivity index (χ0n) is 11.5. The highest BCUT2D eigenvalue weighted by Gasteiger charge is 2.30. The fourth-order valence-electron chi connectivity index (χ4n) is 2.63. The molecule has 0 aromatic heterocycles. The maximum absolute atomic E-state index is 3.47. The van der Waals surface area contributed by atoms with Crippen molar-refractivity contribution in [2.45, 2.75) is 32.7 Å². The molecule has 0 radical (unpaired) electrons. The molecule has 3 heteroatoms. The molecule has 0 bridgehead atoms. The van der Waals surface area contributed by atoms with Gasteiger partial charge in [-0.25, -0.2) is 0 Å². The van der Waals surface area contributed by atoms with Crippen molar-refractivity contribution in [2.24, 2.45) is 5.92 Å². The Bertz CT molecular complexity index is 182. The van der Waals surface area contributed by atoms with Crippen molar-refractivity contribution in [3.63, 3.8) is 0 Å². The number of nitrogens with one attached hydrogen (secondary N) is 1. The third-order valence-electron chi connectivity index (χ3n) is 3.57. The van der Waals surface area contributed by atoms with Crippen molar-refractivity contribution in [1.82, 2.24) is 15.1 Å². The van der Waals surface area contributed by atoms with Gasteiger partial charge in [0.2, 0.25) is 0 Å². The lowest BCUT2D eigenvalue weighted by molar-refractivity contribution is 0.251. The quantitative estimate of drug-likeness (QED) is 0.661. The van der Waals surface area contributed by atoms with Gasteiger partial charge in [0.15, 0.2) is 0 Å². The van der Waals surface area contributed by atoms with E-state index in [1.54, 1.807) is 0 Å². The third kappa shape index (κ3) is 4.40. The van der Waals surface area contributed by atoms with E-state index in [1.165, 1.54) is 39.0 Å². The van der Waals surface area contributed by atoms with Crippen LogP contribution in [0, 0.1) is 5.92 Å². The Balaban J connectivity index is 2.11. The molecule has 1 aliphatic heterocycles. The van der Waals surface area contributed by atoms with Crippen LogP contribution >= 0.6 is 0 Å². The molecule has 1 saturated heterocycles. The van der Waals surface area contributed by atoms with Gasteiger partial charge >= 0.3 is 0 Å². The lowest BCUT2D eigenvalue weighted by Crippen LogP contribution is -2.34. The normalized spacial score (nSPS) is 26.8. The van der Waals surface area contributed by atoms with Crippen LogP contribution in [0.1, 0.15) is 26.7 Å². The van der Waals surface area contributed by atoms with Crippen LogP contribution in [0.2, 0.25) is 0 Å². The zero-order valence-corrected chi connectivity index (χ0v) is 11.5. The summed E-state index contributed by atoms with van der Waals surface area (Å²) in [5.41, 5.74) is 0. The number of nitrogens with zero attached hydrogens (tertiary/aromatic N) is 2. The number of likely N-dealkylation sites (tertiary alicyclic amines) is 1. The summed E-state index contributed by atoms with van der Waals surface area (Å²) in [6.07, 6.45) is 2.52. The Kier molecular flexibility index (Phi) is 6.32. The monoisotopic (exact) mass is 227 g/mol. The first kappa shape index (κ1) is 13.9. The Morgan fingerprint density at radius 1 is 1.25 bits per heavy atom. The van der Waals surface area contributed by atoms with E-state index in [4.69, 9.17) is 0 Å². The second kappa shape index (κ2) is 7.25. The predicted octanol–water partition coefficient (Wildman–Crippen LogP) is 1.26. The minimum absolute atomic E-state index is 0.753. The molecule has 96 valence electrons. The van der Waals surface area contributed by atoms with Crippen molar-refractivity contribution in [1.29, 1.82) is 0 Å². The van der Waals surface area contributed by atoms with E-state index in [-0.39, 0.29) is 0 Å². The zero-order chi connectivity index (χ0) is 12.0. The number of hydrogen-bond donors (Lipinski definition) is 1. The smallest absolute Gasteiger partial charge is 0.0254 e. The molecule has 1 aliphatic rings. The van der Waals surface area contributed by atoms with Crippen LogP contribution < -0.4 is 5.32 Å². The van der Waals surface area contributed by atoms with Gasteiger partial charge in [-0.3, -0.25) is 0 Å². The van der Waals surface area contributed by atoms with Gasteiger partial charge < -0.3 is 15.1 Å². The average Bonchev–Trinajstić information content (AvgIpc) is 2.59. The summed E-state index contributed by atoms with van der Waals surface area (Å²) in [7, 11) is 4.40. The number of rotatable bonds is 7. The topological polar surface area (TPSA) is 18.5 Å². The Morgan fingerprint density at radius 3 is 2.56 bits per heavy atom. The molecule has 3 nitrogen and oxygen atoms in total. The Hall–Kier alpha value is -0.120. The van der Waals surface area contributed by atoms with E-state index < -0.39 is 0 Å². The van der Waals surface area contributed by atoms with E-state index in [1.807, 2.05) is 0 Å². The summed E-state index contributed by atoms with van der Waals surface area (Å²) >= 11 is 0. The molecule has 0 aliphatic carbocycles. The van der Waals surface area contributed by atoms with Gasteiger partial charge in [-0.2, -0.15) is 0 Å². The lowest BCUT2D eigenvalue weighted by atomic mass is 10.1. The Labute approximate surface area is 101 Å². The van der Waals surface area contributed by atoms with Crippen molar-refractivity contribution in [3.8, 4) is 0 Å². The highest BCUT2D eigenvalue weighted by molar-refractivity contribution is 4.86.